The highest BCUT2D eigenvalue weighted by Gasteiger charge is 2.04. The van der Waals surface area contributed by atoms with Crippen LogP contribution in [0.4, 0.5) is 8.78 Å². The highest BCUT2D eigenvalue weighted by atomic mass is 19.3. The van der Waals surface area contributed by atoms with E-state index in [1.54, 1.807) is 12.4 Å². The van der Waals surface area contributed by atoms with Crippen molar-refractivity contribution in [1.29, 1.82) is 0 Å². The van der Waals surface area contributed by atoms with Gasteiger partial charge in [0.1, 0.15) is 12.4 Å². The molecular weight excluding hydrogens is 240 g/mol. The number of nitrogens with two attached hydrogens (primary N) is 1. The Bertz CT molecular complexity index is 333. The molecule has 1 aromatic rings. The van der Waals surface area contributed by atoms with Gasteiger partial charge in [-0.2, -0.15) is 0 Å². The van der Waals surface area contributed by atoms with E-state index >= 15 is 0 Å². The van der Waals surface area contributed by atoms with Gasteiger partial charge in [0.05, 0.1) is 6.61 Å². The van der Waals surface area contributed by atoms with Crippen molar-refractivity contribution < 1.29 is 13.5 Å². The van der Waals surface area contributed by atoms with Gasteiger partial charge in [-0.05, 0) is 18.4 Å². The van der Waals surface area contributed by atoms with E-state index in [0.717, 1.165) is 18.4 Å². The number of rotatable bonds is 8. The zero-order chi connectivity index (χ0) is 13.4. The first-order valence-electron chi connectivity index (χ1n) is 6.03. The number of ether oxygens (including phenoxy) is 1. The second-order valence-electron chi connectivity index (χ2n) is 4.10. The SMILES string of the molecule is CCC(N)Cc1cnc(CCOCC(F)F)nc1. The standard InChI is InChI=1S/C12H19F2N3O/c1-2-10(15)5-9-6-16-12(17-7-9)3-4-18-8-11(13)14/h6-7,10-11H,2-5,8,15H2,1H3. The molecule has 0 fully saturated rings. The lowest BCUT2D eigenvalue weighted by Crippen LogP contribution is -2.21. The molecule has 0 saturated carbocycles. The van der Waals surface area contributed by atoms with Gasteiger partial charge in [-0.1, -0.05) is 6.92 Å². The van der Waals surface area contributed by atoms with Gasteiger partial charge in [-0.3, -0.25) is 0 Å². The third kappa shape index (κ3) is 5.97. The topological polar surface area (TPSA) is 61.0 Å². The maximum atomic E-state index is 11.8. The van der Waals surface area contributed by atoms with Crippen molar-refractivity contribution >= 4 is 0 Å². The van der Waals surface area contributed by atoms with E-state index in [-0.39, 0.29) is 12.6 Å². The van der Waals surface area contributed by atoms with Gasteiger partial charge in [0.2, 0.25) is 0 Å². The molecule has 1 atom stereocenters. The number of aromatic nitrogens is 2. The minimum atomic E-state index is -2.43. The summed E-state index contributed by atoms with van der Waals surface area (Å²) in [5.41, 5.74) is 6.81. The molecule has 0 amide bonds. The number of hydrogen-bond acceptors (Lipinski definition) is 4. The van der Waals surface area contributed by atoms with Crippen LogP contribution in [0.3, 0.4) is 0 Å². The predicted molar refractivity (Wildman–Crippen MR) is 64.5 cm³/mol. The van der Waals surface area contributed by atoms with E-state index in [1.807, 2.05) is 6.92 Å². The number of nitrogens with zero attached hydrogens (tertiary/aromatic N) is 2. The highest BCUT2D eigenvalue weighted by Crippen LogP contribution is 2.03. The van der Waals surface area contributed by atoms with Crippen LogP contribution in [0.25, 0.3) is 0 Å². The highest BCUT2D eigenvalue weighted by molar-refractivity contribution is 5.07. The Kier molecular flexibility index (Phi) is 6.67. The lowest BCUT2D eigenvalue weighted by Gasteiger charge is -2.08. The molecule has 1 unspecified atom stereocenters. The van der Waals surface area contributed by atoms with Crippen molar-refractivity contribution in [2.45, 2.75) is 38.7 Å². The molecule has 102 valence electrons. The van der Waals surface area contributed by atoms with Crippen LogP contribution in [-0.2, 0) is 17.6 Å². The first-order valence-corrected chi connectivity index (χ1v) is 6.03. The molecular formula is C12H19F2N3O. The normalized spacial score (nSPS) is 12.9. The van der Waals surface area contributed by atoms with Crippen LogP contribution < -0.4 is 5.73 Å². The predicted octanol–water partition coefficient (Wildman–Crippen LogP) is 1.58. The molecule has 18 heavy (non-hydrogen) atoms. The molecule has 2 N–H and O–H groups in total. The molecule has 0 aliphatic rings. The first-order chi connectivity index (χ1) is 8.61. The van der Waals surface area contributed by atoms with Crippen LogP contribution in [0.15, 0.2) is 12.4 Å². The van der Waals surface area contributed by atoms with Crippen LogP contribution in [0.1, 0.15) is 24.7 Å². The van der Waals surface area contributed by atoms with Crippen LogP contribution >= 0.6 is 0 Å². The van der Waals surface area contributed by atoms with Crippen molar-refractivity contribution in [3.8, 4) is 0 Å². The van der Waals surface area contributed by atoms with Crippen molar-refractivity contribution in [1.82, 2.24) is 9.97 Å². The third-order valence-corrected chi connectivity index (χ3v) is 2.49. The molecule has 0 aliphatic heterocycles. The molecule has 6 heteroatoms. The summed E-state index contributed by atoms with van der Waals surface area (Å²) < 4.78 is 28.4. The Hall–Kier alpha value is -1.14. The largest absolute Gasteiger partial charge is 0.375 e. The second kappa shape index (κ2) is 8.05. The summed E-state index contributed by atoms with van der Waals surface area (Å²) in [4.78, 5) is 8.30. The van der Waals surface area contributed by atoms with Crippen molar-refractivity contribution in [3.63, 3.8) is 0 Å². The van der Waals surface area contributed by atoms with Gasteiger partial charge in [-0.15, -0.1) is 0 Å². The van der Waals surface area contributed by atoms with Gasteiger partial charge >= 0.3 is 0 Å². The molecule has 0 spiro atoms. The summed E-state index contributed by atoms with van der Waals surface area (Å²) in [5, 5.41) is 0. The third-order valence-electron chi connectivity index (χ3n) is 2.49. The Labute approximate surface area is 106 Å². The maximum absolute atomic E-state index is 11.8. The minimum absolute atomic E-state index is 0.119. The molecule has 0 saturated heterocycles. The quantitative estimate of drug-likeness (QED) is 0.720. The molecule has 0 bridgehead atoms. The van der Waals surface area contributed by atoms with E-state index in [9.17, 15) is 8.78 Å². The first kappa shape index (κ1) is 14.9. The molecule has 1 heterocycles. The average molecular weight is 259 g/mol. The van der Waals surface area contributed by atoms with Gasteiger partial charge in [0.25, 0.3) is 6.43 Å². The van der Waals surface area contributed by atoms with Gasteiger partial charge in [0.15, 0.2) is 0 Å². The average Bonchev–Trinajstić information content (AvgIpc) is 2.36. The Balaban J connectivity index is 2.31. The molecule has 1 rings (SSSR count). The lowest BCUT2D eigenvalue weighted by atomic mass is 10.1. The zero-order valence-corrected chi connectivity index (χ0v) is 10.5. The van der Waals surface area contributed by atoms with Gasteiger partial charge in [0, 0.05) is 24.9 Å². The second-order valence-corrected chi connectivity index (χ2v) is 4.10. The van der Waals surface area contributed by atoms with E-state index in [4.69, 9.17) is 10.5 Å². The number of hydrogen-bond donors (Lipinski definition) is 1. The molecule has 4 nitrogen and oxygen atoms in total. The van der Waals surface area contributed by atoms with Crippen molar-refractivity contribution in [2.75, 3.05) is 13.2 Å². The number of alkyl halides is 2. The molecule has 0 aromatic carbocycles. The maximum Gasteiger partial charge on any atom is 0.261 e. The fourth-order valence-corrected chi connectivity index (χ4v) is 1.40. The van der Waals surface area contributed by atoms with Crippen LogP contribution in [0, 0.1) is 0 Å². The smallest absolute Gasteiger partial charge is 0.261 e. The fourth-order valence-electron chi connectivity index (χ4n) is 1.40. The number of halogens is 2. The van der Waals surface area contributed by atoms with Crippen molar-refractivity contribution in [3.05, 3.63) is 23.8 Å². The van der Waals surface area contributed by atoms with E-state index in [1.165, 1.54) is 0 Å². The van der Waals surface area contributed by atoms with Crippen LogP contribution in [-0.4, -0.2) is 35.6 Å². The summed E-state index contributed by atoms with van der Waals surface area (Å²) in [6.07, 6.45) is 3.12. The zero-order valence-electron chi connectivity index (χ0n) is 10.5. The summed E-state index contributed by atoms with van der Waals surface area (Å²) in [5.74, 6) is 0.595. The summed E-state index contributed by atoms with van der Waals surface area (Å²) in [7, 11) is 0. The Morgan fingerprint density at radius 1 is 1.33 bits per heavy atom. The molecule has 0 aliphatic carbocycles. The lowest BCUT2D eigenvalue weighted by molar-refractivity contribution is 0.0183. The molecule has 1 aromatic heterocycles. The van der Waals surface area contributed by atoms with Crippen LogP contribution in [0.5, 0.6) is 0 Å². The summed E-state index contributed by atoms with van der Waals surface area (Å²) in [6, 6.07) is 0.119. The van der Waals surface area contributed by atoms with Crippen molar-refractivity contribution in [2.24, 2.45) is 5.73 Å². The Morgan fingerprint density at radius 2 is 2.00 bits per heavy atom. The van der Waals surface area contributed by atoms with E-state index in [0.29, 0.717) is 12.2 Å². The molecule has 0 radical (unpaired) electrons. The minimum Gasteiger partial charge on any atom is -0.375 e. The Morgan fingerprint density at radius 3 is 2.56 bits per heavy atom. The van der Waals surface area contributed by atoms with Gasteiger partial charge < -0.3 is 10.5 Å². The van der Waals surface area contributed by atoms with Gasteiger partial charge in [-0.25, -0.2) is 18.7 Å². The van der Waals surface area contributed by atoms with E-state index in [2.05, 4.69) is 9.97 Å². The monoisotopic (exact) mass is 259 g/mol. The van der Waals surface area contributed by atoms with E-state index < -0.39 is 13.0 Å². The van der Waals surface area contributed by atoms with Crippen LogP contribution in [0.2, 0.25) is 0 Å². The summed E-state index contributed by atoms with van der Waals surface area (Å²) in [6.45, 7) is 1.70. The fraction of sp³-hybridized carbons (Fsp3) is 0.667. The summed E-state index contributed by atoms with van der Waals surface area (Å²) >= 11 is 0.